The number of anilines is 2. The Hall–Kier alpha value is -3.06. The standard InChI is InChI=1S/C26H32N6O/c1-18-20(29-22-8-4-3-7-21(22)27-18)9-10-23-30-24(17-25(31-23)32-15-5-6-16-32)28-19-11-13-26(2,33)14-12-19/h3-4,7-10,17,19,33H,5-6,11-16H2,1-2H3,(H,28,30,31)/b10-9+/t19-,26-. The average molecular weight is 445 g/mol. The Balaban J connectivity index is 1.42. The summed E-state index contributed by atoms with van der Waals surface area (Å²) >= 11 is 0. The number of fused-ring (bicyclic) bond motifs is 1. The summed E-state index contributed by atoms with van der Waals surface area (Å²) in [5.41, 5.74) is 2.94. The van der Waals surface area contributed by atoms with E-state index in [-0.39, 0.29) is 0 Å². The van der Waals surface area contributed by atoms with E-state index in [9.17, 15) is 5.11 Å². The topological polar surface area (TPSA) is 87.1 Å². The Labute approximate surface area is 195 Å². The van der Waals surface area contributed by atoms with Crippen molar-refractivity contribution in [2.45, 2.75) is 64.0 Å². The van der Waals surface area contributed by atoms with Crippen LogP contribution in [0.25, 0.3) is 23.2 Å². The fraction of sp³-hybridized carbons (Fsp3) is 0.462. The third-order valence-corrected chi connectivity index (χ3v) is 6.75. The fourth-order valence-corrected chi connectivity index (χ4v) is 4.72. The van der Waals surface area contributed by atoms with Gasteiger partial charge in [-0.1, -0.05) is 12.1 Å². The molecule has 0 amide bonds. The summed E-state index contributed by atoms with van der Waals surface area (Å²) in [6.07, 6.45) is 9.77. The first-order valence-corrected chi connectivity index (χ1v) is 12.0. The van der Waals surface area contributed by atoms with E-state index in [2.05, 4.69) is 21.3 Å². The number of rotatable bonds is 5. The highest BCUT2D eigenvalue weighted by Crippen LogP contribution is 2.30. The van der Waals surface area contributed by atoms with Crippen LogP contribution in [0.5, 0.6) is 0 Å². The lowest BCUT2D eigenvalue weighted by molar-refractivity contribution is 0.0196. The Morgan fingerprint density at radius 3 is 2.42 bits per heavy atom. The molecule has 2 N–H and O–H groups in total. The first-order chi connectivity index (χ1) is 15.9. The van der Waals surface area contributed by atoms with Gasteiger partial charge in [0, 0.05) is 25.2 Å². The van der Waals surface area contributed by atoms with E-state index >= 15 is 0 Å². The van der Waals surface area contributed by atoms with E-state index in [1.807, 2.05) is 50.3 Å². The molecule has 1 aromatic carbocycles. The van der Waals surface area contributed by atoms with Gasteiger partial charge in [-0.2, -0.15) is 0 Å². The maximum absolute atomic E-state index is 10.3. The monoisotopic (exact) mass is 444 g/mol. The van der Waals surface area contributed by atoms with E-state index < -0.39 is 5.60 Å². The van der Waals surface area contributed by atoms with Crippen LogP contribution in [0.15, 0.2) is 30.3 Å². The van der Waals surface area contributed by atoms with E-state index in [0.29, 0.717) is 11.9 Å². The van der Waals surface area contributed by atoms with Gasteiger partial charge in [-0.3, -0.25) is 0 Å². The van der Waals surface area contributed by atoms with Crippen molar-refractivity contribution < 1.29 is 5.11 Å². The summed E-state index contributed by atoms with van der Waals surface area (Å²) in [7, 11) is 0. The molecule has 1 aliphatic carbocycles. The van der Waals surface area contributed by atoms with Crippen molar-refractivity contribution in [2.24, 2.45) is 0 Å². The lowest BCUT2D eigenvalue weighted by atomic mass is 9.84. The molecule has 5 rings (SSSR count). The Bertz CT molecular complexity index is 1160. The van der Waals surface area contributed by atoms with Crippen LogP contribution < -0.4 is 10.2 Å². The molecule has 3 heterocycles. The van der Waals surface area contributed by atoms with Crippen LogP contribution in [-0.4, -0.2) is 49.8 Å². The van der Waals surface area contributed by atoms with Crippen molar-refractivity contribution >= 4 is 34.8 Å². The van der Waals surface area contributed by atoms with Gasteiger partial charge in [-0.15, -0.1) is 0 Å². The molecule has 1 saturated heterocycles. The summed E-state index contributed by atoms with van der Waals surface area (Å²) in [6.45, 7) is 5.97. The second kappa shape index (κ2) is 9.06. The summed E-state index contributed by atoms with van der Waals surface area (Å²) in [5, 5.41) is 13.9. The van der Waals surface area contributed by atoms with Crippen molar-refractivity contribution in [1.29, 1.82) is 0 Å². The Morgan fingerprint density at radius 1 is 1.00 bits per heavy atom. The predicted molar refractivity (Wildman–Crippen MR) is 133 cm³/mol. The highest BCUT2D eigenvalue weighted by molar-refractivity contribution is 5.77. The normalized spacial score (nSPS) is 23.5. The number of aliphatic hydroxyl groups is 1. The first kappa shape index (κ1) is 21.8. The van der Waals surface area contributed by atoms with Crippen molar-refractivity contribution in [1.82, 2.24) is 19.9 Å². The van der Waals surface area contributed by atoms with E-state index in [1.54, 1.807) is 0 Å². The number of para-hydroxylation sites is 2. The highest BCUT2D eigenvalue weighted by Gasteiger charge is 2.29. The summed E-state index contributed by atoms with van der Waals surface area (Å²) in [5.74, 6) is 2.48. The zero-order chi connectivity index (χ0) is 22.8. The summed E-state index contributed by atoms with van der Waals surface area (Å²) in [4.78, 5) is 21.4. The SMILES string of the molecule is Cc1nc2ccccc2nc1/C=C/c1nc(N[C@H]2CC[C@](C)(O)CC2)cc(N2CCCC2)n1. The molecule has 0 bridgehead atoms. The number of nitrogens with one attached hydrogen (secondary N) is 1. The van der Waals surface area contributed by atoms with E-state index in [1.165, 1.54) is 12.8 Å². The molecule has 172 valence electrons. The van der Waals surface area contributed by atoms with Crippen molar-refractivity contribution in [3.63, 3.8) is 0 Å². The molecule has 7 nitrogen and oxygen atoms in total. The molecule has 3 aromatic rings. The number of hydrogen-bond donors (Lipinski definition) is 2. The smallest absolute Gasteiger partial charge is 0.156 e. The van der Waals surface area contributed by atoms with Gasteiger partial charge in [0.25, 0.3) is 0 Å². The molecular formula is C26H32N6O. The Kier molecular flexibility index (Phi) is 5.98. The zero-order valence-electron chi connectivity index (χ0n) is 19.5. The second-order valence-corrected chi connectivity index (χ2v) is 9.60. The first-order valence-electron chi connectivity index (χ1n) is 12.0. The minimum atomic E-state index is -0.544. The third kappa shape index (κ3) is 5.14. The van der Waals surface area contributed by atoms with Crippen LogP contribution in [0.3, 0.4) is 0 Å². The van der Waals surface area contributed by atoms with Crippen LogP contribution in [0.4, 0.5) is 11.6 Å². The van der Waals surface area contributed by atoms with Gasteiger partial charge in [0.2, 0.25) is 0 Å². The molecule has 0 radical (unpaired) electrons. The van der Waals surface area contributed by atoms with Crippen LogP contribution >= 0.6 is 0 Å². The number of hydrogen-bond acceptors (Lipinski definition) is 7. The molecule has 0 spiro atoms. The van der Waals surface area contributed by atoms with Gasteiger partial charge in [-0.05, 0) is 76.7 Å². The third-order valence-electron chi connectivity index (χ3n) is 6.75. The van der Waals surface area contributed by atoms with Gasteiger partial charge in [-0.25, -0.2) is 19.9 Å². The number of benzene rings is 1. The van der Waals surface area contributed by atoms with Gasteiger partial charge < -0.3 is 15.3 Å². The minimum Gasteiger partial charge on any atom is -0.390 e. The van der Waals surface area contributed by atoms with Crippen LogP contribution in [-0.2, 0) is 0 Å². The fourth-order valence-electron chi connectivity index (χ4n) is 4.72. The highest BCUT2D eigenvalue weighted by atomic mass is 16.3. The van der Waals surface area contributed by atoms with Crippen molar-refractivity contribution in [3.8, 4) is 0 Å². The minimum absolute atomic E-state index is 0.317. The molecule has 2 aliphatic rings. The largest absolute Gasteiger partial charge is 0.390 e. The number of aromatic nitrogens is 4. The summed E-state index contributed by atoms with van der Waals surface area (Å²) in [6, 6.07) is 10.3. The van der Waals surface area contributed by atoms with Gasteiger partial charge in [0.15, 0.2) is 5.82 Å². The molecular weight excluding hydrogens is 412 g/mol. The predicted octanol–water partition coefficient (Wildman–Crippen LogP) is 4.60. The molecule has 1 aliphatic heterocycles. The van der Waals surface area contributed by atoms with Gasteiger partial charge in [0.05, 0.1) is 28.0 Å². The van der Waals surface area contributed by atoms with Crippen LogP contribution in [0, 0.1) is 6.92 Å². The lowest BCUT2D eigenvalue weighted by Gasteiger charge is -2.33. The molecule has 7 heteroatoms. The van der Waals surface area contributed by atoms with Crippen LogP contribution in [0.1, 0.15) is 62.7 Å². The lowest BCUT2D eigenvalue weighted by Crippen LogP contribution is -2.36. The Morgan fingerprint density at radius 2 is 1.70 bits per heavy atom. The van der Waals surface area contributed by atoms with Gasteiger partial charge in [0.1, 0.15) is 11.6 Å². The average Bonchev–Trinajstić information content (AvgIpc) is 3.34. The maximum atomic E-state index is 10.3. The van der Waals surface area contributed by atoms with Gasteiger partial charge >= 0.3 is 0 Å². The molecule has 2 fully saturated rings. The van der Waals surface area contributed by atoms with Crippen LogP contribution in [0.2, 0.25) is 0 Å². The van der Waals surface area contributed by atoms with E-state index in [4.69, 9.17) is 15.0 Å². The number of aryl methyl sites for hydroxylation is 1. The van der Waals surface area contributed by atoms with Crippen molar-refractivity contribution in [3.05, 3.63) is 47.5 Å². The van der Waals surface area contributed by atoms with E-state index in [0.717, 1.165) is 72.8 Å². The maximum Gasteiger partial charge on any atom is 0.156 e. The summed E-state index contributed by atoms with van der Waals surface area (Å²) < 4.78 is 0. The quantitative estimate of drug-likeness (QED) is 0.594. The second-order valence-electron chi connectivity index (χ2n) is 9.60. The number of nitrogens with zero attached hydrogens (tertiary/aromatic N) is 5. The van der Waals surface area contributed by atoms with Crippen molar-refractivity contribution in [2.75, 3.05) is 23.3 Å². The zero-order valence-corrected chi connectivity index (χ0v) is 19.5. The molecule has 0 unspecified atom stereocenters. The molecule has 33 heavy (non-hydrogen) atoms. The molecule has 2 aromatic heterocycles. The molecule has 0 atom stereocenters. The molecule has 1 saturated carbocycles.